The summed E-state index contributed by atoms with van der Waals surface area (Å²) in [5, 5.41) is 3.81. The van der Waals surface area contributed by atoms with Crippen molar-refractivity contribution in [1.82, 2.24) is 10.2 Å². The van der Waals surface area contributed by atoms with Crippen molar-refractivity contribution in [2.45, 2.75) is 26.4 Å². The first kappa shape index (κ1) is 8.56. The van der Waals surface area contributed by atoms with Crippen LogP contribution in [0.4, 0.5) is 0 Å². The van der Waals surface area contributed by atoms with Gasteiger partial charge in [-0.25, -0.2) is 0 Å². The van der Waals surface area contributed by atoms with E-state index in [1.54, 1.807) is 0 Å². The molecule has 0 aromatic heterocycles. The number of hydrogen-bond donors (Lipinski definition) is 0. The van der Waals surface area contributed by atoms with Crippen LogP contribution in [-0.2, 0) is 4.84 Å². The third-order valence-corrected chi connectivity index (χ3v) is 1.81. The van der Waals surface area contributed by atoms with Gasteiger partial charge >= 0.3 is 0 Å². The highest BCUT2D eigenvalue weighted by molar-refractivity contribution is 4.87. The molecule has 11 heavy (non-hydrogen) atoms. The molecule has 0 aromatic carbocycles. The van der Waals surface area contributed by atoms with E-state index in [2.05, 4.69) is 19.9 Å². The molecule has 1 rings (SSSR count). The van der Waals surface area contributed by atoms with Gasteiger partial charge in [0.1, 0.15) is 0 Å². The lowest BCUT2D eigenvalue weighted by atomic mass is 10.3. The summed E-state index contributed by atoms with van der Waals surface area (Å²) in [7, 11) is 1.98. The standard InChI is InChI=1S/C8H16N2O/c1-4-8(2)11-10-7-5-6-9(10)3/h5-6,8H,4,7H2,1-3H3/t8-/m0/s1. The maximum Gasteiger partial charge on any atom is 0.0784 e. The van der Waals surface area contributed by atoms with Crippen molar-refractivity contribution in [3.8, 4) is 0 Å². The molecule has 1 heterocycles. The predicted octanol–water partition coefficient (Wildman–Crippen LogP) is 1.39. The second-order valence-electron chi connectivity index (χ2n) is 2.82. The van der Waals surface area contributed by atoms with Crippen LogP contribution in [0.2, 0.25) is 0 Å². The molecular formula is C8H16N2O. The summed E-state index contributed by atoms with van der Waals surface area (Å²) in [6.45, 7) is 5.06. The summed E-state index contributed by atoms with van der Waals surface area (Å²) in [5.41, 5.74) is 0. The van der Waals surface area contributed by atoms with Gasteiger partial charge in [-0.3, -0.25) is 9.85 Å². The molecule has 1 aliphatic heterocycles. The molecule has 0 amide bonds. The van der Waals surface area contributed by atoms with Gasteiger partial charge in [-0.05, 0) is 19.4 Å². The normalized spacial score (nSPS) is 21.2. The van der Waals surface area contributed by atoms with Gasteiger partial charge in [0.25, 0.3) is 0 Å². The molecule has 0 aliphatic carbocycles. The van der Waals surface area contributed by atoms with Crippen molar-refractivity contribution in [1.29, 1.82) is 0 Å². The zero-order valence-corrected chi connectivity index (χ0v) is 7.45. The number of nitrogens with zero attached hydrogens (tertiary/aromatic N) is 2. The molecule has 0 saturated carbocycles. The number of rotatable bonds is 3. The Labute approximate surface area is 68.2 Å². The molecule has 0 saturated heterocycles. The van der Waals surface area contributed by atoms with Crippen LogP contribution in [0, 0.1) is 0 Å². The number of hydroxylamine groups is 1. The van der Waals surface area contributed by atoms with Crippen molar-refractivity contribution in [3.05, 3.63) is 12.3 Å². The Kier molecular flexibility index (Phi) is 2.91. The summed E-state index contributed by atoms with van der Waals surface area (Å²) in [4.78, 5) is 5.57. The van der Waals surface area contributed by atoms with Crippen LogP contribution in [0.5, 0.6) is 0 Å². The van der Waals surface area contributed by atoms with E-state index in [1.165, 1.54) is 0 Å². The molecular weight excluding hydrogens is 140 g/mol. The van der Waals surface area contributed by atoms with E-state index >= 15 is 0 Å². The molecule has 3 heteroatoms. The van der Waals surface area contributed by atoms with Crippen molar-refractivity contribution < 1.29 is 4.84 Å². The molecule has 3 nitrogen and oxygen atoms in total. The Hall–Kier alpha value is -0.540. The van der Waals surface area contributed by atoms with Crippen molar-refractivity contribution >= 4 is 0 Å². The highest BCUT2D eigenvalue weighted by Gasteiger charge is 2.14. The average molecular weight is 156 g/mol. The Morgan fingerprint density at radius 3 is 2.82 bits per heavy atom. The van der Waals surface area contributed by atoms with Gasteiger partial charge in [0.15, 0.2) is 0 Å². The second-order valence-corrected chi connectivity index (χ2v) is 2.82. The average Bonchev–Trinajstić information content (AvgIpc) is 2.37. The van der Waals surface area contributed by atoms with Crippen LogP contribution in [0.3, 0.4) is 0 Å². The van der Waals surface area contributed by atoms with Gasteiger partial charge in [-0.15, -0.1) is 0 Å². The molecule has 0 unspecified atom stereocenters. The lowest BCUT2D eigenvalue weighted by Crippen LogP contribution is -2.35. The van der Waals surface area contributed by atoms with Crippen molar-refractivity contribution in [3.63, 3.8) is 0 Å². The minimum absolute atomic E-state index is 0.303. The van der Waals surface area contributed by atoms with Crippen molar-refractivity contribution in [2.24, 2.45) is 0 Å². The van der Waals surface area contributed by atoms with E-state index in [1.807, 2.05) is 23.4 Å². The van der Waals surface area contributed by atoms with Gasteiger partial charge in [-0.1, -0.05) is 12.1 Å². The largest absolute Gasteiger partial charge is 0.293 e. The van der Waals surface area contributed by atoms with E-state index in [0.29, 0.717) is 6.10 Å². The fraction of sp³-hybridized carbons (Fsp3) is 0.750. The van der Waals surface area contributed by atoms with E-state index in [0.717, 1.165) is 13.0 Å². The van der Waals surface area contributed by atoms with Gasteiger partial charge in [0, 0.05) is 13.2 Å². The highest BCUT2D eigenvalue weighted by Crippen LogP contribution is 2.08. The third-order valence-electron chi connectivity index (χ3n) is 1.81. The minimum atomic E-state index is 0.303. The quantitative estimate of drug-likeness (QED) is 0.614. The van der Waals surface area contributed by atoms with Gasteiger partial charge in [-0.2, -0.15) is 0 Å². The van der Waals surface area contributed by atoms with Crippen LogP contribution in [-0.4, -0.2) is 29.9 Å². The smallest absolute Gasteiger partial charge is 0.0784 e. The molecule has 64 valence electrons. The summed E-state index contributed by atoms with van der Waals surface area (Å²) < 4.78 is 0. The van der Waals surface area contributed by atoms with Crippen LogP contribution in [0.1, 0.15) is 20.3 Å². The lowest BCUT2D eigenvalue weighted by molar-refractivity contribution is -0.269. The zero-order chi connectivity index (χ0) is 8.27. The van der Waals surface area contributed by atoms with Gasteiger partial charge < -0.3 is 0 Å². The topological polar surface area (TPSA) is 15.7 Å². The van der Waals surface area contributed by atoms with E-state index in [4.69, 9.17) is 4.84 Å². The summed E-state index contributed by atoms with van der Waals surface area (Å²) >= 11 is 0. The van der Waals surface area contributed by atoms with E-state index in [9.17, 15) is 0 Å². The Morgan fingerprint density at radius 1 is 1.64 bits per heavy atom. The molecule has 0 bridgehead atoms. The lowest BCUT2D eigenvalue weighted by Gasteiger charge is -2.26. The SMILES string of the molecule is CC[C@H](C)ON1CC=CN1C. The van der Waals surface area contributed by atoms with E-state index in [-0.39, 0.29) is 0 Å². The fourth-order valence-electron chi connectivity index (χ4n) is 0.893. The molecule has 1 aliphatic rings. The molecule has 0 spiro atoms. The Balaban J connectivity index is 2.27. The van der Waals surface area contributed by atoms with Gasteiger partial charge in [0.2, 0.25) is 0 Å². The second kappa shape index (κ2) is 3.74. The van der Waals surface area contributed by atoms with Crippen LogP contribution < -0.4 is 0 Å². The van der Waals surface area contributed by atoms with Gasteiger partial charge in [0.05, 0.1) is 12.6 Å². The predicted molar refractivity (Wildman–Crippen MR) is 44.4 cm³/mol. The molecule has 0 radical (unpaired) electrons. The monoisotopic (exact) mass is 156 g/mol. The first-order valence-electron chi connectivity index (χ1n) is 4.07. The van der Waals surface area contributed by atoms with Crippen molar-refractivity contribution in [2.75, 3.05) is 13.6 Å². The van der Waals surface area contributed by atoms with E-state index < -0.39 is 0 Å². The maximum atomic E-state index is 5.57. The number of hydrazine groups is 1. The summed E-state index contributed by atoms with van der Waals surface area (Å²) in [6, 6.07) is 0. The first-order chi connectivity index (χ1) is 5.24. The Morgan fingerprint density at radius 2 is 2.36 bits per heavy atom. The molecule has 0 N–H and O–H groups in total. The molecule has 1 atom stereocenters. The zero-order valence-electron chi connectivity index (χ0n) is 7.45. The highest BCUT2D eigenvalue weighted by atomic mass is 16.7. The summed E-state index contributed by atoms with van der Waals surface area (Å²) in [6.07, 6.45) is 5.42. The van der Waals surface area contributed by atoms with Crippen LogP contribution in [0.25, 0.3) is 0 Å². The maximum absolute atomic E-state index is 5.57. The summed E-state index contributed by atoms with van der Waals surface area (Å²) in [5.74, 6) is 0. The Bertz CT molecular complexity index is 147. The molecule has 0 aromatic rings. The first-order valence-corrected chi connectivity index (χ1v) is 4.07. The fourth-order valence-corrected chi connectivity index (χ4v) is 0.893. The van der Waals surface area contributed by atoms with Crippen LogP contribution in [0.15, 0.2) is 12.3 Å². The number of hydrogen-bond acceptors (Lipinski definition) is 3. The molecule has 0 fully saturated rings. The third kappa shape index (κ3) is 2.20. The minimum Gasteiger partial charge on any atom is -0.293 e. The van der Waals surface area contributed by atoms with Crippen LogP contribution >= 0.6 is 0 Å².